The Morgan fingerprint density at radius 3 is 2.41 bits per heavy atom. The van der Waals surface area contributed by atoms with E-state index in [-0.39, 0.29) is 23.9 Å². The predicted molar refractivity (Wildman–Crippen MR) is 151 cm³/mol. The number of methoxy groups -OCH3 is 1. The number of rotatable bonds is 10. The largest absolute Gasteiger partial charge is 0.497 e. The monoisotopic (exact) mass is 583 g/mol. The fraction of sp³-hybridized carbons (Fsp3) is 0.667. The number of ether oxygens (including phenoxy) is 2. The number of carbonyl (C=O) groups is 3. The summed E-state index contributed by atoms with van der Waals surface area (Å²) in [6.45, 7) is 5.33. The molecule has 0 bridgehead atoms. The van der Waals surface area contributed by atoms with E-state index in [0.29, 0.717) is 17.4 Å². The Bertz CT molecular complexity index is 1050. The summed E-state index contributed by atoms with van der Waals surface area (Å²) in [4.78, 5) is 40.4. The third-order valence-electron chi connectivity index (χ3n) is 6.69. The molecule has 39 heavy (non-hydrogen) atoms. The summed E-state index contributed by atoms with van der Waals surface area (Å²) in [7, 11) is -1.19. The number of amides is 3. The van der Waals surface area contributed by atoms with E-state index in [0.717, 1.165) is 36.1 Å². The first-order valence-corrected chi connectivity index (χ1v) is 16.3. The molecule has 3 amide bonds. The highest BCUT2D eigenvalue weighted by Crippen LogP contribution is 2.24. The van der Waals surface area contributed by atoms with Crippen LogP contribution in [0.1, 0.15) is 58.4 Å². The van der Waals surface area contributed by atoms with E-state index in [2.05, 4.69) is 10.6 Å². The van der Waals surface area contributed by atoms with E-state index in [1.165, 1.54) is 6.42 Å². The molecule has 0 spiro atoms. The fourth-order valence-corrected chi connectivity index (χ4v) is 7.64. The van der Waals surface area contributed by atoms with Crippen LogP contribution < -0.4 is 15.4 Å². The molecule has 2 N–H and O–H groups in total. The van der Waals surface area contributed by atoms with E-state index in [1.54, 1.807) is 40.0 Å². The Morgan fingerprint density at radius 2 is 1.79 bits per heavy atom. The van der Waals surface area contributed by atoms with Crippen LogP contribution in [0.3, 0.4) is 0 Å². The van der Waals surface area contributed by atoms with Crippen molar-refractivity contribution in [2.24, 2.45) is 5.92 Å². The van der Waals surface area contributed by atoms with Gasteiger partial charge in [0.25, 0.3) is 0 Å². The van der Waals surface area contributed by atoms with Gasteiger partial charge in [-0.25, -0.2) is 4.79 Å². The van der Waals surface area contributed by atoms with Crippen LogP contribution in [-0.2, 0) is 42.5 Å². The number of hydrogen-bond donors (Lipinski definition) is 2. The van der Waals surface area contributed by atoms with E-state index in [9.17, 15) is 22.8 Å². The topological polar surface area (TPSA) is 131 Å². The lowest BCUT2D eigenvalue weighted by atomic mass is 9.91. The van der Waals surface area contributed by atoms with Crippen molar-refractivity contribution < 1.29 is 32.3 Å². The van der Waals surface area contributed by atoms with Crippen LogP contribution in [0.2, 0.25) is 0 Å². The average molecular weight is 584 g/mol. The van der Waals surface area contributed by atoms with E-state index in [4.69, 9.17) is 9.47 Å². The Labute approximate surface area is 235 Å². The summed E-state index contributed by atoms with van der Waals surface area (Å²) in [6.07, 6.45) is 4.71. The Morgan fingerprint density at radius 1 is 1.13 bits per heavy atom. The molecule has 10 nitrogen and oxygen atoms in total. The maximum absolute atomic E-state index is 13.3. The molecular formula is C27H41N3O7S2. The summed E-state index contributed by atoms with van der Waals surface area (Å²) >= 11 is 0. The molecule has 1 aliphatic heterocycles. The summed E-state index contributed by atoms with van der Waals surface area (Å²) in [5.41, 5.74) is 0.0436. The van der Waals surface area contributed by atoms with E-state index < -0.39 is 57.2 Å². The molecule has 1 aliphatic carbocycles. The lowest BCUT2D eigenvalue weighted by Gasteiger charge is -2.28. The van der Waals surface area contributed by atoms with Crippen molar-refractivity contribution in [1.82, 2.24) is 15.5 Å². The number of nitrogens with one attached hydrogen (secondary N) is 2. The van der Waals surface area contributed by atoms with Gasteiger partial charge < -0.3 is 20.1 Å². The highest BCUT2D eigenvalue weighted by molar-refractivity contribution is 7.85. The van der Waals surface area contributed by atoms with E-state index in [1.807, 2.05) is 12.1 Å². The number of carbonyl (C=O) groups excluding carboxylic acids is 3. The third kappa shape index (κ3) is 9.90. The van der Waals surface area contributed by atoms with Crippen LogP contribution in [-0.4, -0.2) is 79.2 Å². The van der Waals surface area contributed by atoms with Crippen molar-refractivity contribution in [1.29, 1.82) is 0 Å². The van der Waals surface area contributed by atoms with Crippen molar-refractivity contribution >= 4 is 39.5 Å². The van der Waals surface area contributed by atoms with Crippen molar-refractivity contribution in [3.8, 4) is 5.75 Å². The minimum absolute atomic E-state index is 0.0427. The molecule has 218 valence electrons. The maximum atomic E-state index is 13.3. The van der Waals surface area contributed by atoms with Gasteiger partial charge in [0.15, 0.2) is 0 Å². The second kappa shape index (κ2) is 14.2. The Balaban J connectivity index is 1.69. The van der Waals surface area contributed by atoms with Gasteiger partial charge in [-0.1, -0.05) is 31.4 Å². The van der Waals surface area contributed by atoms with Gasteiger partial charge in [0.1, 0.15) is 29.3 Å². The van der Waals surface area contributed by atoms with Crippen LogP contribution in [0.4, 0.5) is 4.79 Å². The van der Waals surface area contributed by atoms with Crippen LogP contribution in [0.5, 0.6) is 5.75 Å². The molecule has 1 aromatic rings. The minimum atomic E-state index is -1.43. The zero-order valence-corrected chi connectivity index (χ0v) is 24.9. The van der Waals surface area contributed by atoms with Crippen molar-refractivity contribution in [2.75, 3.05) is 30.2 Å². The zero-order chi connectivity index (χ0) is 28.6. The minimum Gasteiger partial charge on any atom is -0.497 e. The molecule has 12 heteroatoms. The highest BCUT2D eigenvalue weighted by atomic mass is 32.2. The lowest BCUT2D eigenvalue weighted by molar-refractivity contribution is -0.130. The van der Waals surface area contributed by atoms with Gasteiger partial charge in [-0.3, -0.25) is 22.9 Å². The number of nitrogens with zero attached hydrogens (tertiary/aromatic N) is 1. The normalized spacial score (nSPS) is 21.6. The zero-order valence-electron chi connectivity index (χ0n) is 23.2. The average Bonchev–Trinajstić information content (AvgIpc) is 3.29. The molecular weight excluding hydrogens is 542 g/mol. The molecule has 1 aromatic carbocycles. The second-order valence-corrected chi connectivity index (χ2v) is 14.1. The smallest absolute Gasteiger partial charge is 0.411 e. The summed E-state index contributed by atoms with van der Waals surface area (Å²) in [5.74, 6) is 0.194. The van der Waals surface area contributed by atoms with Gasteiger partial charge in [-0.05, 0) is 57.2 Å². The molecule has 2 fully saturated rings. The molecule has 1 saturated heterocycles. The number of hydrogen-bond acceptors (Lipinski definition) is 7. The van der Waals surface area contributed by atoms with Crippen molar-refractivity contribution in [3.05, 3.63) is 29.8 Å². The maximum Gasteiger partial charge on any atom is 0.411 e. The van der Waals surface area contributed by atoms with Crippen molar-refractivity contribution in [3.63, 3.8) is 0 Å². The van der Waals surface area contributed by atoms with Crippen LogP contribution in [0, 0.1) is 5.92 Å². The Hall–Kier alpha value is -2.47. The molecule has 0 radical (unpaired) electrons. The van der Waals surface area contributed by atoms with Gasteiger partial charge in [-0.15, -0.1) is 0 Å². The molecule has 4 unspecified atom stereocenters. The quantitative estimate of drug-likeness (QED) is 0.433. The molecule has 0 aromatic heterocycles. The van der Waals surface area contributed by atoms with Gasteiger partial charge in [0.05, 0.1) is 18.6 Å². The standard InChI is InChI=1S/C27H41N3O7S2/c1-27(2,3)37-26(33)30-18-39(35)17-23(30)25(32)29-22(16-38(34)15-20-8-6-5-7-9-20)24(31)28-14-19-10-12-21(36-4)13-11-19/h10-13,20,22-23H,5-9,14-18H2,1-4H3,(H,28,31)(H,29,32). The highest BCUT2D eigenvalue weighted by Gasteiger charge is 2.41. The van der Waals surface area contributed by atoms with Gasteiger partial charge in [-0.2, -0.15) is 0 Å². The first kappa shape index (κ1) is 31.1. The molecule has 1 saturated carbocycles. The predicted octanol–water partition coefficient (Wildman–Crippen LogP) is 2.45. The lowest BCUT2D eigenvalue weighted by Crippen LogP contribution is -2.56. The molecule has 1 heterocycles. The van der Waals surface area contributed by atoms with Gasteiger partial charge in [0, 0.05) is 33.9 Å². The summed E-state index contributed by atoms with van der Waals surface area (Å²) in [6, 6.07) is 5.08. The van der Waals surface area contributed by atoms with Crippen LogP contribution >= 0.6 is 0 Å². The Kier molecular flexibility index (Phi) is 11.3. The van der Waals surface area contributed by atoms with Crippen LogP contribution in [0.15, 0.2) is 24.3 Å². The van der Waals surface area contributed by atoms with Crippen LogP contribution in [0.25, 0.3) is 0 Å². The van der Waals surface area contributed by atoms with E-state index >= 15 is 0 Å². The molecule has 3 rings (SSSR count). The summed E-state index contributed by atoms with van der Waals surface area (Å²) < 4.78 is 36.0. The molecule has 4 atom stereocenters. The SMILES string of the molecule is COc1ccc(CNC(=O)C(CS(=O)CC2CCCCC2)NC(=O)C2CS(=O)CN2C(=O)OC(C)(C)C)cc1. The first-order chi connectivity index (χ1) is 18.4. The first-order valence-electron chi connectivity index (χ1n) is 13.4. The second-order valence-electron chi connectivity index (χ2n) is 11.1. The molecule has 2 aliphatic rings. The summed E-state index contributed by atoms with van der Waals surface area (Å²) in [5, 5.41) is 5.52. The van der Waals surface area contributed by atoms with Crippen molar-refractivity contribution in [2.45, 2.75) is 77.1 Å². The third-order valence-corrected chi connectivity index (χ3v) is 9.49. The van der Waals surface area contributed by atoms with Gasteiger partial charge in [0.2, 0.25) is 11.8 Å². The fourth-order valence-electron chi connectivity index (χ4n) is 4.66. The van der Waals surface area contributed by atoms with Gasteiger partial charge >= 0.3 is 6.09 Å². The number of benzene rings is 1.